The lowest BCUT2D eigenvalue weighted by molar-refractivity contribution is -0.132. The minimum Gasteiger partial charge on any atom is -0.507 e. The molecular weight excluding hydrogens is 456 g/mol. The molecule has 1 saturated heterocycles. The van der Waals surface area contributed by atoms with Crippen molar-refractivity contribution in [1.82, 2.24) is 4.98 Å². The van der Waals surface area contributed by atoms with Crippen LogP contribution in [0.5, 0.6) is 5.75 Å². The summed E-state index contributed by atoms with van der Waals surface area (Å²) in [5.74, 6) is -1.21. The van der Waals surface area contributed by atoms with Gasteiger partial charge in [0.2, 0.25) is 0 Å². The van der Waals surface area contributed by atoms with Crippen LogP contribution >= 0.6 is 27.3 Å². The number of rotatable bonds is 4. The van der Waals surface area contributed by atoms with E-state index in [1.54, 1.807) is 48.0 Å². The van der Waals surface area contributed by atoms with Crippen LogP contribution in [0.2, 0.25) is 0 Å². The Labute approximate surface area is 179 Å². The Bertz CT molecular complexity index is 1110. The zero-order chi connectivity index (χ0) is 20.5. The fourth-order valence-electron chi connectivity index (χ4n) is 3.25. The fraction of sp³-hybridized carbons (Fsp3) is 0.0952. The number of aliphatic hydroxyl groups excluding tert-OH is 1. The molecule has 0 spiro atoms. The van der Waals surface area contributed by atoms with Gasteiger partial charge in [0, 0.05) is 21.6 Å². The Morgan fingerprint density at radius 3 is 2.62 bits per heavy atom. The highest BCUT2D eigenvalue weighted by Crippen LogP contribution is 2.43. The van der Waals surface area contributed by atoms with Crippen LogP contribution in [-0.2, 0) is 9.59 Å². The number of methoxy groups -OCH3 is 1. The summed E-state index contributed by atoms with van der Waals surface area (Å²) in [7, 11) is 1.52. The number of ketones is 1. The normalized spacial score (nSPS) is 18.3. The van der Waals surface area contributed by atoms with Crippen molar-refractivity contribution in [1.29, 1.82) is 0 Å². The summed E-state index contributed by atoms with van der Waals surface area (Å²) >= 11 is 4.65. The molecule has 1 atom stereocenters. The SMILES string of the molecule is COc1cccc(/C(O)=C2\C(=O)C(=O)N(c3nccs3)C2c2ccc(Br)cc2)c1. The third-order valence-corrected chi connectivity index (χ3v) is 5.90. The van der Waals surface area contributed by atoms with E-state index in [1.165, 1.54) is 23.3 Å². The molecule has 2 aromatic carbocycles. The number of amides is 1. The number of hydrogen-bond donors (Lipinski definition) is 1. The van der Waals surface area contributed by atoms with Gasteiger partial charge in [-0.1, -0.05) is 40.2 Å². The molecule has 1 aliphatic heterocycles. The van der Waals surface area contributed by atoms with E-state index in [0.717, 1.165) is 4.47 Å². The highest BCUT2D eigenvalue weighted by atomic mass is 79.9. The van der Waals surface area contributed by atoms with Crippen LogP contribution in [-0.4, -0.2) is 28.9 Å². The van der Waals surface area contributed by atoms with E-state index in [4.69, 9.17) is 4.74 Å². The van der Waals surface area contributed by atoms with Gasteiger partial charge >= 0.3 is 5.91 Å². The van der Waals surface area contributed by atoms with Crippen LogP contribution < -0.4 is 9.64 Å². The molecule has 1 N–H and O–H groups in total. The third kappa shape index (κ3) is 3.45. The zero-order valence-electron chi connectivity index (χ0n) is 15.2. The third-order valence-electron chi connectivity index (χ3n) is 4.60. The van der Waals surface area contributed by atoms with Crippen molar-refractivity contribution >= 4 is 49.8 Å². The molecule has 1 aliphatic rings. The molecule has 29 heavy (non-hydrogen) atoms. The number of hydrogen-bond acceptors (Lipinski definition) is 6. The standard InChI is InChI=1S/C21H15BrN2O4S/c1-28-15-4-2-3-13(11-15)18(25)16-17(12-5-7-14(22)8-6-12)24(20(27)19(16)26)21-23-9-10-29-21/h2-11,17,25H,1H3/b18-16+. The molecule has 6 nitrogen and oxygen atoms in total. The lowest BCUT2D eigenvalue weighted by Gasteiger charge is -2.23. The fourth-order valence-corrected chi connectivity index (χ4v) is 4.18. The number of benzene rings is 2. The maximum absolute atomic E-state index is 13.0. The molecule has 1 unspecified atom stereocenters. The van der Waals surface area contributed by atoms with Crippen LogP contribution in [0.1, 0.15) is 17.2 Å². The second-order valence-corrected chi connectivity index (χ2v) is 8.06. The van der Waals surface area contributed by atoms with Crippen molar-refractivity contribution in [3.05, 3.63) is 81.3 Å². The number of halogens is 1. The van der Waals surface area contributed by atoms with E-state index in [9.17, 15) is 14.7 Å². The molecule has 2 heterocycles. The second kappa shape index (κ2) is 7.81. The van der Waals surface area contributed by atoms with Crippen LogP contribution in [0.15, 0.2) is 70.2 Å². The molecule has 1 fully saturated rings. The average molecular weight is 471 g/mol. The van der Waals surface area contributed by atoms with Gasteiger partial charge in [-0.15, -0.1) is 11.3 Å². The number of carbonyl (C=O) groups excluding carboxylic acids is 2. The molecule has 4 rings (SSSR count). The predicted molar refractivity (Wildman–Crippen MR) is 114 cm³/mol. The molecule has 0 aliphatic carbocycles. The van der Waals surface area contributed by atoms with Gasteiger partial charge in [0.05, 0.1) is 18.7 Å². The van der Waals surface area contributed by atoms with Crippen molar-refractivity contribution in [2.45, 2.75) is 6.04 Å². The first kappa shape index (κ1) is 19.4. The molecule has 0 bridgehead atoms. The summed E-state index contributed by atoms with van der Waals surface area (Å²) in [6.07, 6.45) is 1.57. The van der Waals surface area contributed by atoms with Crippen LogP contribution in [0.25, 0.3) is 5.76 Å². The van der Waals surface area contributed by atoms with Crippen LogP contribution in [0.3, 0.4) is 0 Å². The number of anilines is 1. The van der Waals surface area contributed by atoms with Gasteiger partial charge in [-0.25, -0.2) is 4.98 Å². The smallest absolute Gasteiger partial charge is 0.301 e. The van der Waals surface area contributed by atoms with Crippen molar-refractivity contribution in [2.75, 3.05) is 12.0 Å². The summed E-state index contributed by atoms with van der Waals surface area (Å²) in [6.45, 7) is 0. The van der Waals surface area contributed by atoms with Crippen molar-refractivity contribution in [2.24, 2.45) is 0 Å². The summed E-state index contributed by atoms with van der Waals surface area (Å²) < 4.78 is 6.07. The number of Topliss-reactive ketones (excluding diaryl/α,β-unsaturated/α-hetero) is 1. The molecule has 146 valence electrons. The first-order valence-electron chi connectivity index (χ1n) is 8.61. The maximum atomic E-state index is 13.0. The zero-order valence-corrected chi connectivity index (χ0v) is 17.6. The Morgan fingerprint density at radius 2 is 1.97 bits per heavy atom. The summed E-state index contributed by atoms with van der Waals surface area (Å²) in [5, 5.41) is 13.2. The minimum atomic E-state index is -0.791. The van der Waals surface area contributed by atoms with Crippen LogP contribution in [0, 0.1) is 0 Å². The largest absolute Gasteiger partial charge is 0.507 e. The van der Waals surface area contributed by atoms with E-state index >= 15 is 0 Å². The Kier molecular flexibility index (Phi) is 5.21. The average Bonchev–Trinajstić information content (AvgIpc) is 3.35. The highest BCUT2D eigenvalue weighted by molar-refractivity contribution is 9.10. The van der Waals surface area contributed by atoms with Gasteiger partial charge in [-0.2, -0.15) is 0 Å². The van der Waals surface area contributed by atoms with Crippen molar-refractivity contribution in [3.8, 4) is 5.75 Å². The predicted octanol–water partition coefficient (Wildman–Crippen LogP) is 4.54. The van der Waals surface area contributed by atoms with Gasteiger partial charge in [-0.05, 0) is 29.8 Å². The molecular formula is C21H15BrN2O4S. The Balaban J connectivity index is 1.93. The van der Waals surface area contributed by atoms with Gasteiger partial charge in [0.1, 0.15) is 11.5 Å². The number of ether oxygens (including phenoxy) is 1. The van der Waals surface area contributed by atoms with E-state index in [2.05, 4.69) is 20.9 Å². The molecule has 0 radical (unpaired) electrons. The van der Waals surface area contributed by atoms with Gasteiger partial charge in [0.15, 0.2) is 5.13 Å². The lowest BCUT2D eigenvalue weighted by atomic mass is 9.95. The van der Waals surface area contributed by atoms with Gasteiger partial charge < -0.3 is 9.84 Å². The van der Waals surface area contributed by atoms with Crippen molar-refractivity contribution in [3.63, 3.8) is 0 Å². The highest BCUT2D eigenvalue weighted by Gasteiger charge is 2.47. The number of thiazole rings is 1. The van der Waals surface area contributed by atoms with E-state index in [0.29, 0.717) is 22.0 Å². The molecule has 3 aromatic rings. The van der Waals surface area contributed by atoms with Crippen LogP contribution in [0.4, 0.5) is 5.13 Å². The molecule has 1 aromatic heterocycles. The van der Waals surface area contributed by atoms with E-state index < -0.39 is 17.7 Å². The minimum absolute atomic E-state index is 0.0146. The van der Waals surface area contributed by atoms with E-state index in [1.807, 2.05) is 12.1 Å². The monoisotopic (exact) mass is 470 g/mol. The van der Waals surface area contributed by atoms with E-state index in [-0.39, 0.29) is 11.3 Å². The number of carbonyl (C=O) groups is 2. The number of nitrogens with zero attached hydrogens (tertiary/aromatic N) is 2. The first-order valence-corrected chi connectivity index (χ1v) is 10.3. The molecule has 0 saturated carbocycles. The maximum Gasteiger partial charge on any atom is 0.301 e. The van der Waals surface area contributed by atoms with Crippen molar-refractivity contribution < 1.29 is 19.4 Å². The number of aromatic nitrogens is 1. The van der Waals surface area contributed by atoms with Gasteiger partial charge in [0.25, 0.3) is 5.78 Å². The Morgan fingerprint density at radius 1 is 1.21 bits per heavy atom. The summed E-state index contributed by atoms with van der Waals surface area (Å²) in [4.78, 5) is 31.4. The summed E-state index contributed by atoms with van der Waals surface area (Å²) in [6, 6.07) is 13.2. The lowest BCUT2D eigenvalue weighted by Crippen LogP contribution is -2.29. The van der Waals surface area contributed by atoms with Gasteiger partial charge in [-0.3, -0.25) is 14.5 Å². The second-order valence-electron chi connectivity index (χ2n) is 6.27. The molecule has 1 amide bonds. The quantitative estimate of drug-likeness (QED) is 0.344. The first-order chi connectivity index (χ1) is 14.0. The molecule has 8 heteroatoms. The number of aliphatic hydroxyl groups is 1. The summed E-state index contributed by atoms with van der Waals surface area (Å²) in [5.41, 5.74) is 1.09. The Hall–Kier alpha value is -2.97. The topological polar surface area (TPSA) is 79.7 Å².